The monoisotopic (exact) mass is 485 g/mol. The molecule has 4 atom stereocenters. The summed E-state index contributed by atoms with van der Waals surface area (Å²) in [6, 6.07) is 3.91. The Morgan fingerprint density at radius 3 is 2.60 bits per heavy atom. The van der Waals surface area contributed by atoms with E-state index in [1.54, 1.807) is 11.1 Å². The highest BCUT2D eigenvalue weighted by atomic mass is 16.4. The largest absolute Gasteiger partial charge is 0.480 e. The molecule has 1 aromatic heterocycles. The second-order valence-corrected chi connectivity index (χ2v) is 9.05. The first kappa shape index (κ1) is 24.7. The number of hydrogen-bond acceptors (Lipinski definition) is 6. The Labute approximate surface area is 202 Å². The van der Waals surface area contributed by atoms with Crippen LogP contribution < -0.4 is 16.0 Å². The number of fused-ring (bicyclic) bond motifs is 1. The molecule has 2 aromatic rings. The van der Waals surface area contributed by atoms with E-state index in [-0.39, 0.29) is 18.4 Å². The minimum atomic E-state index is -1.50. The number of para-hydroxylation sites is 1. The van der Waals surface area contributed by atoms with Gasteiger partial charge in [0, 0.05) is 30.1 Å². The first-order chi connectivity index (χ1) is 16.9. The summed E-state index contributed by atoms with van der Waals surface area (Å²) in [6.45, 7) is 0.456. The van der Waals surface area contributed by atoms with Gasteiger partial charge >= 0.3 is 5.97 Å². The van der Waals surface area contributed by atoms with Crippen LogP contribution in [-0.2, 0) is 25.6 Å². The third-order valence-electron chi connectivity index (χ3n) is 6.73. The van der Waals surface area contributed by atoms with Gasteiger partial charge in [-0.05, 0) is 43.9 Å². The molecule has 0 saturated carbocycles. The van der Waals surface area contributed by atoms with E-state index in [9.17, 15) is 29.4 Å². The Morgan fingerprint density at radius 1 is 1.09 bits per heavy atom. The first-order valence-corrected chi connectivity index (χ1v) is 11.9. The van der Waals surface area contributed by atoms with E-state index >= 15 is 0 Å². The van der Waals surface area contributed by atoms with Crippen molar-refractivity contribution in [3.63, 3.8) is 0 Å². The number of amides is 3. The van der Waals surface area contributed by atoms with E-state index in [0.717, 1.165) is 35.9 Å². The van der Waals surface area contributed by atoms with E-state index < -0.39 is 42.5 Å². The number of H-pyrrole nitrogens is 1. The fraction of sp³-hybridized carbons (Fsp3) is 0.500. The number of aromatic nitrogens is 1. The van der Waals surface area contributed by atoms with Crippen molar-refractivity contribution in [1.82, 2.24) is 25.8 Å². The molecule has 188 valence electrons. The van der Waals surface area contributed by atoms with Crippen LogP contribution in [0.5, 0.6) is 0 Å². The molecule has 2 aliphatic rings. The molecule has 3 amide bonds. The van der Waals surface area contributed by atoms with Crippen LogP contribution in [0.4, 0.5) is 0 Å². The molecular formula is C24H31N5O6. The Kier molecular flexibility index (Phi) is 7.67. The van der Waals surface area contributed by atoms with Gasteiger partial charge in [-0.25, -0.2) is 4.79 Å². The summed E-state index contributed by atoms with van der Waals surface area (Å²) in [5.41, 5.74) is 1.63. The van der Waals surface area contributed by atoms with Crippen LogP contribution in [0, 0.1) is 0 Å². The minimum Gasteiger partial charge on any atom is -0.480 e. The highest BCUT2D eigenvalue weighted by Gasteiger charge is 2.39. The number of nitrogens with one attached hydrogen (secondary N) is 4. The predicted molar refractivity (Wildman–Crippen MR) is 126 cm³/mol. The van der Waals surface area contributed by atoms with Gasteiger partial charge in [0.25, 0.3) is 0 Å². The third kappa shape index (κ3) is 5.46. The number of aromatic amines is 1. The fourth-order valence-electron chi connectivity index (χ4n) is 4.85. The average Bonchev–Trinajstić information content (AvgIpc) is 3.62. The van der Waals surface area contributed by atoms with Gasteiger partial charge in [0.05, 0.1) is 12.6 Å². The lowest BCUT2D eigenvalue weighted by molar-refractivity contribution is -0.144. The van der Waals surface area contributed by atoms with E-state index in [4.69, 9.17) is 0 Å². The van der Waals surface area contributed by atoms with Crippen molar-refractivity contribution in [2.24, 2.45) is 0 Å². The van der Waals surface area contributed by atoms with Crippen molar-refractivity contribution < 1.29 is 29.4 Å². The molecule has 4 rings (SSSR count). The molecule has 0 bridgehead atoms. The van der Waals surface area contributed by atoms with Crippen molar-refractivity contribution in [3.8, 4) is 0 Å². The number of carboxylic acid groups (broad SMARTS) is 1. The Bertz CT molecular complexity index is 1100. The number of likely N-dealkylation sites (tertiary alicyclic amines) is 1. The third-order valence-corrected chi connectivity index (χ3v) is 6.73. The second kappa shape index (κ2) is 10.9. The summed E-state index contributed by atoms with van der Waals surface area (Å²) < 4.78 is 0. The lowest BCUT2D eigenvalue weighted by Crippen LogP contribution is -2.57. The molecule has 4 unspecified atom stereocenters. The molecule has 1 aromatic carbocycles. The SMILES string of the molecule is O=C(O)C(CO)NC(=O)C(Cc1c[nH]c2ccccc12)NC(=O)C1CCCN1C(=O)C1CCCN1. The van der Waals surface area contributed by atoms with E-state index in [1.165, 1.54) is 0 Å². The van der Waals surface area contributed by atoms with Crippen molar-refractivity contribution >= 4 is 34.6 Å². The van der Waals surface area contributed by atoms with Crippen LogP contribution in [0.3, 0.4) is 0 Å². The second-order valence-electron chi connectivity index (χ2n) is 9.05. The topological polar surface area (TPSA) is 164 Å². The first-order valence-electron chi connectivity index (χ1n) is 11.9. The lowest BCUT2D eigenvalue weighted by Gasteiger charge is -2.28. The fourth-order valence-corrected chi connectivity index (χ4v) is 4.85. The van der Waals surface area contributed by atoms with Crippen LogP contribution in [0.15, 0.2) is 30.5 Å². The van der Waals surface area contributed by atoms with Crippen LogP contribution >= 0.6 is 0 Å². The molecule has 0 aliphatic carbocycles. The number of benzene rings is 1. The van der Waals surface area contributed by atoms with Crippen molar-refractivity contribution in [2.45, 2.75) is 56.3 Å². The molecule has 35 heavy (non-hydrogen) atoms. The summed E-state index contributed by atoms with van der Waals surface area (Å²) in [4.78, 5) is 55.3. The highest BCUT2D eigenvalue weighted by molar-refractivity contribution is 5.95. The van der Waals surface area contributed by atoms with Crippen molar-refractivity contribution in [2.75, 3.05) is 19.7 Å². The molecule has 11 heteroatoms. The molecule has 3 heterocycles. The standard InChI is InChI=1S/C24H31N5O6/c30-13-19(24(34)35)28-21(31)18(11-14-12-26-16-6-2-1-5-15(14)16)27-22(32)20-8-4-10-29(20)23(33)17-7-3-9-25-17/h1-2,5-6,12,17-20,25-26,30H,3-4,7-11,13H2,(H,27,32)(H,28,31)(H,34,35). The maximum Gasteiger partial charge on any atom is 0.328 e. The average molecular weight is 486 g/mol. The summed E-state index contributed by atoms with van der Waals surface area (Å²) in [7, 11) is 0. The van der Waals surface area contributed by atoms with Gasteiger partial charge in [-0.15, -0.1) is 0 Å². The van der Waals surface area contributed by atoms with Crippen LogP contribution in [-0.4, -0.2) is 87.7 Å². The van der Waals surface area contributed by atoms with Crippen molar-refractivity contribution in [1.29, 1.82) is 0 Å². The molecule has 0 spiro atoms. The van der Waals surface area contributed by atoms with Crippen molar-refractivity contribution in [3.05, 3.63) is 36.0 Å². The maximum absolute atomic E-state index is 13.3. The van der Waals surface area contributed by atoms with E-state index in [0.29, 0.717) is 19.4 Å². The van der Waals surface area contributed by atoms with E-state index in [2.05, 4.69) is 20.9 Å². The summed E-state index contributed by atoms with van der Waals surface area (Å²) in [5.74, 6) is -2.67. The normalized spacial score (nSPS) is 21.6. The van der Waals surface area contributed by atoms with Gasteiger partial charge in [-0.2, -0.15) is 0 Å². The number of hydrogen-bond donors (Lipinski definition) is 6. The number of nitrogens with zero attached hydrogens (tertiary/aromatic N) is 1. The van der Waals surface area contributed by atoms with Crippen LogP contribution in [0.1, 0.15) is 31.2 Å². The number of carbonyl (C=O) groups is 4. The zero-order valence-electron chi connectivity index (χ0n) is 19.3. The van der Waals surface area contributed by atoms with Crippen LogP contribution in [0.25, 0.3) is 10.9 Å². The summed E-state index contributed by atoms with van der Waals surface area (Å²) >= 11 is 0. The molecule has 0 radical (unpaired) electrons. The Morgan fingerprint density at radius 2 is 1.89 bits per heavy atom. The van der Waals surface area contributed by atoms with Gasteiger partial charge in [0.1, 0.15) is 18.1 Å². The summed E-state index contributed by atoms with van der Waals surface area (Å²) in [5, 5.41) is 27.7. The number of aliphatic hydroxyl groups excluding tert-OH is 1. The molecule has 6 N–H and O–H groups in total. The highest BCUT2D eigenvalue weighted by Crippen LogP contribution is 2.22. The predicted octanol–water partition coefficient (Wildman–Crippen LogP) is -0.500. The number of rotatable bonds is 9. The number of aliphatic hydroxyl groups is 1. The number of aliphatic carboxylic acids is 1. The van der Waals surface area contributed by atoms with Gasteiger partial charge in [-0.1, -0.05) is 18.2 Å². The van der Waals surface area contributed by atoms with Crippen LogP contribution in [0.2, 0.25) is 0 Å². The Balaban J connectivity index is 1.53. The molecule has 2 saturated heterocycles. The zero-order chi connectivity index (χ0) is 24.9. The van der Waals surface area contributed by atoms with Gasteiger partial charge in [0.15, 0.2) is 0 Å². The minimum absolute atomic E-state index is 0.101. The number of carboxylic acids is 1. The lowest BCUT2D eigenvalue weighted by atomic mass is 10.0. The van der Waals surface area contributed by atoms with Gasteiger partial charge in [0.2, 0.25) is 17.7 Å². The Hall–Kier alpha value is -3.44. The zero-order valence-corrected chi connectivity index (χ0v) is 19.3. The molecule has 2 fully saturated rings. The molecule has 2 aliphatic heterocycles. The quantitative estimate of drug-likeness (QED) is 0.279. The molecular weight excluding hydrogens is 454 g/mol. The number of carbonyl (C=O) groups excluding carboxylic acids is 3. The van der Waals surface area contributed by atoms with E-state index in [1.807, 2.05) is 24.3 Å². The molecule has 11 nitrogen and oxygen atoms in total. The maximum atomic E-state index is 13.3. The van der Waals surface area contributed by atoms with Gasteiger partial charge in [-0.3, -0.25) is 14.4 Å². The van der Waals surface area contributed by atoms with Gasteiger partial charge < -0.3 is 36.0 Å². The smallest absolute Gasteiger partial charge is 0.328 e. The summed E-state index contributed by atoms with van der Waals surface area (Å²) in [6.07, 6.45) is 4.65.